The van der Waals surface area contributed by atoms with Crippen LogP contribution in [-0.2, 0) is 6.54 Å². The molecule has 0 aliphatic carbocycles. The number of thiophene rings is 1. The van der Waals surface area contributed by atoms with Crippen LogP contribution in [0.1, 0.15) is 24.1 Å². The first-order valence-electron chi connectivity index (χ1n) is 7.71. The summed E-state index contributed by atoms with van der Waals surface area (Å²) in [7, 11) is 0. The van der Waals surface area contributed by atoms with Gasteiger partial charge in [-0.15, -0.1) is 11.3 Å². The van der Waals surface area contributed by atoms with Crippen molar-refractivity contribution in [2.24, 2.45) is 0 Å². The summed E-state index contributed by atoms with van der Waals surface area (Å²) in [6, 6.07) is 7.23. The number of hydrogen-bond donors (Lipinski definition) is 2. The number of nitrogens with zero attached hydrogens (tertiary/aromatic N) is 1. The highest BCUT2D eigenvalue weighted by atomic mass is 32.1. The van der Waals surface area contributed by atoms with Crippen molar-refractivity contribution < 1.29 is 5.11 Å². The lowest BCUT2D eigenvalue weighted by Crippen LogP contribution is -2.28. The maximum absolute atomic E-state index is 12.2. The Bertz CT molecular complexity index is 891. The van der Waals surface area contributed by atoms with Crippen LogP contribution in [0.4, 0.5) is 0 Å². The van der Waals surface area contributed by atoms with Crippen LogP contribution in [0.3, 0.4) is 0 Å². The van der Waals surface area contributed by atoms with Crippen LogP contribution in [0, 0.1) is 0 Å². The van der Waals surface area contributed by atoms with E-state index in [0.29, 0.717) is 10.8 Å². The summed E-state index contributed by atoms with van der Waals surface area (Å²) in [5.74, 6) is 0.177. The number of hydrogen-bond acceptors (Lipinski definition) is 4. The summed E-state index contributed by atoms with van der Waals surface area (Å²) in [5, 5.41) is 12.3. The number of rotatable bonds is 2. The molecule has 2 N–H and O–H groups in total. The number of H-pyrrole nitrogens is 1. The van der Waals surface area contributed by atoms with Gasteiger partial charge in [0, 0.05) is 22.2 Å². The summed E-state index contributed by atoms with van der Waals surface area (Å²) in [5.41, 5.74) is -0.134. The molecule has 3 aromatic rings. The van der Waals surface area contributed by atoms with Gasteiger partial charge in [0.05, 0.1) is 5.39 Å². The minimum absolute atomic E-state index is 0.134. The van der Waals surface area contributed by atoms with Crippen molar-refractivity contribution in [1.29, 1.82) is 0 Å². The standard InChI is InChI=1S/C17H18N2O2S/c20-14-6-4-5-12-15(14)13-9-11(22-17(13)18-16(12)21)10-19-7-2-1-3-8-19/h4-6,9,20H,1-3,7-8,10H2,(H,18,21). The molecule has 0 unspecified atom stereocenters. The van der Waals surface area contributed by atoms with Gasteiger partial charge in [-0.25, -0.2) is 0 Å². The lowest BCUT2D eigenvalue weighted by Gasteiger charge is -2.25. The number of aromatic amines is 1. The molecule has 0 saturated carbocycles. The molecule has 0 atom stereocenters. The molecule has 114 valence electrons. The molecular weight excluding hydrogens is 296 g/mol. The maximum atomic E-state index is 12.2. The second-order valence-electron chi connectivity index (χ2n) is 5.95. The smallest absolute Gasteiger partial charge is 0.257 e. The Morgan fingerprint density at radius 1 is 1.18 bits per heavy atom. The maximum Gasteiger partial charge on any atom is 0.257 e. The van der Waals surface area contributed by atoms with Crippen LogP contribution < -0.4 is 5.56 Å². The van der Waals surface area contributed by atoms with E-state index >= 15 is 0 Å². The molecule has 1 aliphatic rings. The Kier molecular flexibility index (Phi) is 3.39. The largest absolute Gasteiger partial charge is 0.507 e. The number of piperidine rings is 1. The lowest BCUT2D eigenvalue weighted by molar-refractivity contribution is 0.223. The molecule has 1 aliphatic heterocycles. The van der Waals surface area contributed by atoms with Gasteiger partial charge in [-0.1, -0.05) is 12.5 Å². The summed E-state index contributed by atoms with van der Waals surface area (Å²) >= 11 is 1.62. The Morgan fingerprint density at radius 2 is 2.00 bits per heavy atom. The van der Waals surface area contributed by atoms with Crippen molar-refractivity contribution >= 4 is 32.3 Å². The zero-order valence-electron chi connectivity index (χ0n) is 12.3. The quantitative estimate of drug-likeness (QED) is 0.762. The fraction of sp³-hybridized carbons (Fsp3) is 0.353. The van der Waals surface area contributed by atoms with Gasteiger partial charge in [0.15, 0.2) is 0 Å². The Morgan fingerprint density at radius 3 is 2.82 bits per heavy atom. The van der Waals surface area contributed by atoms with Crippen molar-refractivity contribution in [2.75, 3.05) is 13.1 Å². The fourth-order valence-electron chi connectivity index (χ4n) is 3.32. The summed E-state index contributed by atoms with van der Waals surface area (Å²) < 4.78 is 0. The number of aromatic nitrogens is 1. The van der Waals surface area contributed by atoms with E-state index in [1.807, 2.05) is 0 Å². The molecule has 0 bridgehead atoms. The van der Waals surface area contributed by atoms with E-state index in [9.17, 15) is 9.90 Å². The first-order chi connectivity index (χ1) is 10.7. The molecule has 5 heteroatoms. The molecular formula is C17H18N2O2S. The van der Waals surface area contributed by atoms with Crippen molar-refractivity contribution in [3.63, 3.8) is 0 Å². The fourth-order valence-corrected chi connectivity index (χ4v) is 4.42. The number of phenols is 1. The van der Waals surface area contributed by atoms with Gasteiger partial charge >= 0.3 is 0 Å². The molecule has 0 spiro atoms. The predicted molar refractivity (Wildman–Crippen MR) is 90.7 cm³/mol. The van der Waals surface area contributed by atoms with Crippen LogP contribution in [0.2, 0.25) is 0 Å². The molecule has 1 aromatic carbocycles. The van der Waals surface area contributed by atoms with Crippen molar-refractivity contribution in [3.8, 4) is 5.75 Å². The highest BCUT2D eigenvalue weighted by molar-refractivity contribution is 7.18. The van der Waals surface area contributed by atoms with E-state index in [1.54, 1.807) is 29.5 Å². The monoisotopic (exact) mass is 314 g/mol. The van der Waals surface area contributed by atoms with E-state index in [2.05, 4.69) is 16.0 Å². The SMILES string of the molecule is O=c1[nH]c2sc(CN3CCCCC3)cc2c2c(O)cccc12. The third kappa shape index (κ3) is 2.30. The topological polar surface area (TPSA) is 56.3 Å². The van der Waals surface area contributed by atoms with E-state index in [4.69, 9.17) is 0 Å². The van der Waals surface area contributed by atoms with Gasteiger partial charge in [-0.2, -0.15) is 0 Å². The molecule has 2 aromatic heterocycles. The number of fused-ring (bicyclic) bond motifs is 3. The number of likely N-dealkylation sites (tertiary alicyclic amines) is 1. The number of benzene rings is 1. The van der Waals surface area contributed by atoms with Crippen LogP contribution in [0.25, 0.3) is 21.0 Å². The first kappa shape index (κ1) is 13.8. The molecule has 4 nitrogen and oxygen atoms in total. The average Bonchev–Trinajstić information content (AvgIpc) is 2.90. The second-order valence-corrected chi connectivity index (χ2v) is 7.08. The summed E-state index contributed by atoms with van der Waals surface area (Å²) in [4.78, 5) is 19.7. The molecule has 1 saturated heterocycles. The molecule has 0 radical (unpaired) electrons. The average molecular weight is 314 g/mol. The summed E-state index contributed by atoms with van der Waals surface area (Å²) in [6.45, 7) is 3.23. The molecule has 1 fully saturated rings. The van der Waals surface area contributed by atoms with Crippen LogP contribution in [0.15, 0.2) is 29.1 Å². The molecule has 3 heterocycles. The Balaban J connectivity index is 1.83. The minimum Gasteiger partial charge on any atom is -0.507 e. The molecule has 4 rings (SSSR count). The minimum atomic E-state index is -0.134. The van der Waals surface area contributed by atoms with Crippen LogP contribution >= 0.6 is 11.3 Å². The van der Waals surface area contributed by atoms with Gasteiger partial charge in [0.1, 0.15) is 10.6 Å². The number of phenolic OH excluding ortho intramolecular Hbond substituents is 1. The molecule has 0 amide bonds. The highest BCUT2D eigenvalue weighted by Gasteiger charge is 2.15. The third-order valence-corrected chi connectivity index (χ3v) is 5.43. The Labute approximate surface area is 132 Å². The predicted octanol–water partition coefficient (Wildman–Crippen LogP) is 3.43. The van der Waals surface area contributed by atoms with Gasteiger partial charge in [0.25, 0.3) is 5.56 Å². The lowest BCUT2D eigenvalue weighted by atomic mass is 10.1. The zero-order chi connectivity index (χ0) is 15.1. The van der Waals surface area contributed by atoms with E-state index in [-0.39, 0.29) is 11.3 Å². The number of nitrogens with one attached hydrogen (secondary N) is 1. The normalized spacial score (nSPS) is 16.5. The highest BCUT2D eigenvalue weighted by Crippen LogP contribution is 2.34. The summed E-state index contributed by atoms with van der Waals surface area (Å²) in [6.07, 6.45) is 3.87. The van der Waals surface area contributed by atoms with Gasteiger partial charge in [0.2, 0.25) is 0 Å². The van der Waals surface area contributed by atoms with Crippen LogP contribution in [0.5, 0.6) is 5.75 Å². The third-order valence-electron chi connectivity index (χ3n) is 4.39. The van der Waals surface area contributed by atoms with Crippen molar-refractivity contribution in [2.45, 2.75) is 25.8 Å². The van der Waals surface area contributed by atoms with E-state index in [0.717, 1.165) is 29.9 Å². The Hall–Kier alpha value is -1.85. The van der Waals surface area contributed by atoms with Crippen LogP contribution in [-0.4, -0.2) is 28.1 Å². The van der Waals surface area contributed by atoms with Gasteiger partial charge in [-0.05, 0) is 44.1 Å². The van der Waals surface area contributed by atoms with Gasteiger partial charge in [-0.3, -0.25) is 9.69 Å². The van der Waals surface area contributed by atoms with E-state index < -0.39 is 0 Å². The van der Waals surface area contributed by atoms with Crippen molar-refractivity contribution in [1.82, 2.24) is 9.88 Å². The zero-order valence-corrected chi connectivity index (χ0v) is 13.1. The first-order valence-corrected chi connectivity index (χ1v) is 8.53. The van der Waals surface area contributed by atoms with Gasteiger partial charge < -0.3 is 10.1 Å². The molecule has 22 heavy (non-hydrogen) atoms. The number of pyridine rings is 1. The van der Waals surface area contributed by atoms with Crippen molar-refractivity contribution in [3.05, 3.63) is 39.5 Å². The van der Waals surface area contributed by atoms with E-state index in [1.165, 1.54) is 24.1 Å². The second kappa shape index (κ2) is 5.41. The number of aromatic hydroxyl groups is 1.